The van der Waals surface area contributed by atoms with Crippen LogP contribution in [0.15, 0.2) is 12.2 Å². The summed E-state index contributed by atoms with van der Waals surface area (Å²) in [5, 5.41) is 11.8. The molecule has 3 rings (SSSR count). The smallest absolute Gasteiger partial charge is 0.233 e. The predicted molar refractivity (Wildman–Crippen MR) is 84.6 cm³/mol. The molecule has 1 saturated heterocycles. The van der Waals surface area contributed by atoms with Gasteiger partial charge in [0.25, 0.3) is 0 Å². The van der Waals surface area contributed by atoms with Crippen molar-refractivity contribution in [1.29, 1.82) is 0 Å². The lowest BCUT2D eigenvalue weighted by Gasteiger charge is -2.14. The number of likely N-dealkylation sites (tertiary alicyclic amines) is 1. The Morgan fingerprint density at radius 3 is 2.48 bits per heavy atom. The van der Waals surface area contributed by atoms with Crippen LogP contribution in [0.25, 0.3) is 0 Å². The topological polar surface area (TPSA) is 92.3 Å². The van der Waals surface area contributed by atoms with Gasteiger partial charge in [0.05, 0.1) is 11.8 Å². The molecule has 1 aromatic heterocycles. The maximum absolute atomic E-state index is 12.3. The van der Waals surface area contributed by atoms with E-state index in [2.05, 4.69) is 15.5 Å². The second kappa shape index (κ2) is 6.57. The Morgan fingerprint density at radius 2 is 1.91 bits per heavy atom. The van der Waals surface area contributed by atoms with Crippen LogP contribution < -0.4 is 5.32 Å². The molecule has 3 amide bonds. The molecule has 0 aromatic carbocycles. The van der Waals surface area contributed by atoms with Gasteiger partial charge in [0.15, 0.2) is 0 Å². The van der Waals surface area contributed by atoms with E-state index in [0.717, 1.165) is 11.4 Å². The first-order valence-electron chi connectivity index (χ1n) is 7.72. The molecule has 1 aliphatic heterocycles. The number of allylic oxidation sites excluding steroid dienone is 2. The normalized spacial score (nSPS) is 23.3. The summed E-state index contributed by atoms with van der Waals surface area (Å²) in [6, 6.07) is 0. The molecular formula is C15H18N4O3S. The van der Waals surface area contributed by atoms with Crippen LogP contribution in [0.5, 0.6) is 0 Å². The van der Waals surface area contributed by atoms with Crippen molar-refractivity contribution in [3.63, 3.8) is 0 Å². The molecule has 1 fully saturated rings. The molecule has 0 bridgehead atoms. The number of nitrogens with one attached hydrogen (secondary N) is 1. The van der Waals surface area contributed by atoms with Gasteiger partial charge in [0, 0.05) is 13.0 Å². The largest absolute Gasteiger partial charge is 0.300 e. The van der Waals surface area contributed by atoms with E-state index < -0.39 is 0 Å². The minimum absolute atomic E-state index is 0.0748. The van der Waals surface area contributed by atoms with Gasteiger partial charge in [0.1, 0.15) is 5.01 Å². The number of imide groups is 1. The maximum atomic E-state index is 12.3. The Balaban J connectivity index is 1.54. The van der Waals surface area contributed by atoms with Gasteiger partial charge in [0.2, 0.25) is 22.9 Å². The van der Waals surface area contributed by atoms with Crippen LogP contribution in [-0.4, -0.2) is 39.4 Å². The third-order valence-electron chi connectivity index (χ3n) is 4.18. The van der Waals surface area contributed by atoms with Crippen LogP contribution in [0, 0.1) is 11.8 Å². The Hall–Kier alpha value is -2.09. The molecule has 122 valence electrons. The second-order valence-electron chi connectivity index (χ2n) is 5.64. The molecule has 1 aromatic rings. The Morgan fingerprint density at radius 1 is 1.26 bits per heavy atom. The van der Waals surface area contributed by atoms with E-state index >= 15 is 0 Å². The first kappa shape index (κ1) is 15.8. The van der Waals surface area contributed by atoms with Crippen molar-refractivity contribution >= 4 is 34.2 Å². The number of hydrogen-bond donors (Lipinski definition) is 1. The third-order valence-corrected chi connectivity index (χ3v) is 5.16. The minimum atomic E-state index is -0.266. The van der Waals surface area contributed by atoms with E-state index in [1.807, 2.05) is 19.1 Å². The van der Waals surface area contributed by atoms with Gasteiger partial charge in [-0.15, -0.1) is 10.2 Å². The highest BCUT2D eigenvalue weighted by molar-refractivity contribution is 7.15. The number of carbonyl (C=O) groups excluding carboxylic acids is 3. The molecule has 0 saturated carbocycles. The summed E-state index contributed by atoms with van der Waals surface area (Å²) in [7, 11) is 0. The van der Waals surface area contributed by atoms with Gasteiger partial charge in [-0.25, -0.2) is 0 Å². The number of amides is 3. The monoisotopic (exact) mass is 334 g/mol. The van der Waals surface area contributed by atoms with Crippen LogP contribution in [0.1, 0.15) is 31.2 Å². The maximum Gasteiger partial charge on any atom is 0.233 e. The highest BCUT2D eigenvalue weighted by atomic mass is 32.1. The van der Waals surface area contributed by atoms with Crippen LogP contribution in [-0.2, 0) is 20.8 Å². The Bertz CT molecular complexity index is 643. The summed E-state index contributed by atoms with van der Waals surface area (Å²) in [6.45, 7) is 2.08. The van der Waals surface area contributed by atoms with Gasteiger partial charge in [-0.3, -0.25) is 19.3 Å². The number of hydrogen-bond acceptors (Lipinski definition) is 6. The van der Waals surface area contributed by atoms with Crippen molar-refractivity contribution in [2.75, 3.05) is 11.9 Å². The molecule has 2 heterocycles. The molecule has 1 aliphatic carbocycles. The molecular weight excluding hydrogens is 316 g/mol. The van der Waals surface area contributed by atoms with E-state index in [-0.39, 0.29) is 42.5 Å². The fraction of sp³-hybridized carbons (Fsp3) is 0.533. The lowest BCUT2D eigenvalue weighted by atomic mass is 9.85. The zero-order chi connectivity index (χ0) is 16.4. The van der Waals surface area contributed by atoms with Crippen molar-refractivity contribution in [3.8, 4) is 0 Å². The summed E-state index contributed by atoms with van der Waals surface area (Å²) in [5.74, 6) is -1.06. The first-order valence-corrected chi connectivity index (χ1v) is 8.54. The highest BCUT2D eigenvalue weighted by Crippen LogP contribution is 2.35. The minimum Gasteiger partial charge on any atom is -0.300 e. The van der Waals surface area contributed by atoms with Crippen molar-refractivity contribution in [1.82, 2.24) is 15.1 Å². The standard InChI is InChI=1S/C15H18N4O3S/c1-2-12-17-18-15(23-12)16-11(20)7-8-19-13(21)9-5-3-4-6-10(9)14(19)22/h3-4,9-10H,2,5-8H2,1H3,(H,16,18,20)/t9-,10-/m0/s1. The van der Waals surface area contributed by atoms with E-state index in [4.69, 9.17) is 0 Å². The van der Waals surface area contributed by atoms with Crippen LogP contribution in [0.3, 0.4) is 0 Å². The van der Waals surface area contributed by atoms with Crippen LogP contribution >= 0.6 is 11.3 Å². The van der Waals surface area contributed by atoms with Crippen molar-refractivity contribution < 1.29 is 14.4 Å². The van der Waals surface area contributed by atoms with E-state index in [9.17, 15) is 14.4 Å². The zero-order valence-electron chi connectivity index (χ0n) is 12.8. The molecule has 7 nitrogen and oxygen atoms in total. The number of aryl methyl sites for hydroxylation is 1. The molecule has 23 heavy (non-hydrogen) atoms. The number of rotatable bonds is 5. The molecule has 0 radical (unpaired) electrons. The zero-order valence-corrected chi connectivity index (χ0v) is 13.6. The van der Waals surface area contributed by atoms with E-state index in [1.54, 1.807) is 0 Å². The van der Waals surface area contributed by atoms with Crippen molar-refractivity contribution in [3.05, 3.63) is 17.2 Å². The summed E-state index contributed by atoms with van der Waals surface area (Å²) in [4.78, 5) is 37.8. The molecule has 0 unspecified atom stereocenters. The van der Waals surface area contributed by atoms with Gasteiger partial charge in [-0.1, -0.05) is 30.4 Å². The van der Waals surface area contributed by atoms with Gasteiger partial charge in [-0.2, -0.15) is 0 Å². The van der Waals surface area contributed by atoms with Crippen molar-refractivity contribution in [2.24, 2.45) is 11.8 Å². The van der Waals surface area contributed by atoms with Crippen molar-refractivity contribution in [2.45, 2.75) is 32.6 Å². The lowest BCUT2D eigenvalue weighted by Crippen LogP contribution is -2.34. The molecule has 1 N–H and O–H groups in total. The Labute approximate surface area is 137 Å². The SMILES string of the molecule is CCc1nnc(NC(=O)CCN2C(=O)[C@H]3CC=CC[C@@H]3C2=O)s1. The van der Waals surface area contributed by atoms with E-state index in [1.165, 1.54) is 16.2 Å². The quantitative estimate of drug-likeness (QED) is 0.649. The van der Waals surface area contributed by atoms with Crippen LogP contribution in [0.2, 0.25) is 0 Å². The number of nitrogens with zero attached hydrogens (tertiary/aromatic N) is 3. The summed E-state index contributed by atoms with van der Waals surface area (Å²) >= 11 is 1.33. The number of carbonyl (C=O) groups is 3. The Kier molecular flexibility index (Phi) is 4.51. The first-order chi connectivity index (χ1) is 11.1. The number of aromatic nitrogens is 2. The second-order valence-corrected chi connectivity index (χ2v) is 6.70. The van der Waals surface area contributed by atoms with Gasteiger partial charge < -0.3 is 5.32 Å². The molecule has 0 spiro atoms. The number of fused-ring (bicyclic) bond motifs is 1. The number of anilines is 1. The third kappa shape index (κ3) is 3.17. The van der Waals surface area contributed by atoms with Gasteiger partial charge >= 0.3 is 0 Å². The van der Waals surface area contributed by atoms with Gasteiger partial charge in [-0.05, 0) is 19.3 Å². The van der Waals surface area contributed by atoms with Crippen LogP contribution in [0.4, 0.5) is 5.13 Å². The summed E-state index contributed by atoms with van der Waals surface area (Å²) in [5.41, 5.74) is 0. The average molecular weight is 334 g/mol. The predicted octanol–water partition coefficient (Wildman–Crippen LogP) is 1.38. The molecule has 8 heteroatoms. The summed E-state index contributed by atoms with van der Waals surface area (Å²) < 4.78 is 0. The molecule has 2 atom stereocenters. The lowest BCUT2D eigenvalue weighted by molar-refractivity contribution is -0.140. The average Bonchev–Trinajstić information content (AvgIpc) is 3.10. The highest BCUT2D eigenvalue weighted by Gasteiger charge is 2.46. The molecule has 2 aliphatic rings. The fourth-order valence-corrected chi connectivity index (χ4v) is 3.63. The van der Waals surface area contributed by atoms with E-state index in [0.29, 0.717) is 18.0 Å². The summed E-state index contributed by atoms with van der Waals surface area (Å²) in [6.07, 6.45) is 5.96. The fourth-order valence-electron chi connectivity index (χ4n) is 2.93.